The number of H-pyrrole nitrogens is 1. The minimum absolute atomic E-state index is 0.380. The fourth-order valence-corrected chi connectivity index (χ4v) is 1.78. The van der Waals surface area contributed by atoms with Crippen LogP contribution in [0.2, 0.25) is 0 Å². The normalized spacial score (nSPS) is 11.4. The van der Waals surface area contributed by atoms with Gasteiger partial charge in [0.1, 0.15) is 11.5 Å². The SMILES string of the molecule is Cc1ccc(/C=N\n2c(-c3ccco3)n[nH]c2=S)o1. The van der Waals surface area contributed by atoms with Crippen LogP contribution in [0.15, 0.2) is 44.5 Å². The highest BCUT2D eigenvalue weighted by Gasteiger charge is 2.10. The van der Waals surface area contributed by atoms with Crippen LogP contribution in [0.1, 0.15) is 11.5 Å². The number of nitrogens with zero attached hydrogens (tertiary/aromatic N) is 3. The molecule has 0 radical (unpaired) electrons. The number of aromatic amines is 1. The third kappa shape index (κ3) is 2.27. The molecule has 0 amide bonds. The Hall–Kier alpha value is -2.41. The van der Waals surface area contributed by atoms with Crippen molar-refractivity contribution in [1.29, 1.82) is 0 Å². The third-order valence-corrected chi connectivity index (χ3v) is 2.72. The lowest BCUT2D eigenvalue weighted by atomic mass is 10.4. The highest BCUT2D eigenvalue weighted by atomic mass is 32.1. The van der Waals surface area contributed by atoms with E-state index in [1.807, 2.05) is 19.1 Å². The van der Waals surface area contributed by atoms with E-state index in [1.54, 1.807) is 24.6 Å². The Balaban J connectivity index is 1.99. The van der Waals surface area contributed by atoms with Crippen LogP contribution in [0, 0.1) is 11.7 Å². The summed E-state index contributed by atoms with van der Waals surface area (Å²) in [4.78, 5) is 0. The van der Waals surface area contributed by atoms with E-state index in [9.17, 15) is 0 Å². The van der Waals surface area contributed by atoms with Gasteiger partial charge in [0, 0.05) is 0 Å². The van der Waals surface area contributed by atoms with E-state index in [0.717, 1.165) is 5.76 Å². The zero-order chi connectivity index (χ0) is 13.2. The van der Waals surface area contributed by atoms with Gasteiger partial charge in [-0.3, -0.25) is 0 Å². The number of hydrogen-bond acceptors (Lipinski definition) is 5. The Morgan fingerprint density at radius 1 is 1.42 bits per heavy atom. The summed E-state index contributed by atoms with van der Waals surface area (Å²) in [5.41, 5.74) is 0. The molecule has 3 rings (SSSR count). The molecule has 1 N–H and O–H groups in total. The first kappa shape index (κ1) is 11.7. The maximum Gasteiger partial charge on any atom is 0.219 e. The van der Waals surface area contributed by atoms with Crippen molar-refractivity contribution in [2.75, 3.05) is 0 Å². The summed E-state index contributed by atoms with van der Waals surface area (Å²) in [5.74, 6) is 2.56. The molecule has 0 fully saturated rings. The first-order chi connectivity index (χ1) is 9.24. The van der Waals surface area contributed by atoms with Gasteiger partial charge in [-0.15, -0.1) is 5.10 Å². The van der Waals surface area contributed by atoms with Gasteiger partial charge in [-0.25, -0.2) is 5.10 Å². The quantitative estimate of drug-likeness (QED) is 0.588. The number of aromatic nitrogens is 3. The lowest BCUT2D eigenvalue weighted by molar-refractivity contribution is 0.527. The Labute approximate surface area is 113 Å². The highest BCUT2D eigenvalue weighted by Crippen LogP contribution is 2.17. The van der Waals surface area contributed by atoms with Crippen molar-refractivity contribution in [3.05, 3.63) is 46.8 Å². The van der Waals surface area contributed by atoms with Crippen LogP contribution in [0.25, 0.3) is 11.6 Å². The first-order valence-electron chi connectivity index (χ1n) is 5.56. The van der Waals surface area contributed by atoms with E-state index in [4.69, 9.17) is 21.1 Å². The van der Waals surface area contributed by atoms with Gasteiger partial charge in [0.2, 0.25) is 10.6 Å². The second-order valence-corrected chi connectivity index (χ2v) is 4.22. The minimum atomic E-state index is 0.380. The monoisotopic (exact) mass is 274 g/mol. The molecule has 0 aliphatic heterocycles. The van der Waals surface area contributed by atoms with Gasteiger partial charge in [-0.2, -0.15) is 9.78 Å². The second kappa shape index (κ2) is 4.69. The Morgan fingerprint density at radius 2 is 2.32 bits per heavy atom. The smallest absolute Gasteiger partial charge is 0.219 e. The standard InChI is InChI=1S/C12H10N4O2S/c1-8-4-5-9(18-8)7-13-16-11(14-15-12(16)19)10-3-2-6-17-10/h2-7H,1H3,(H,15,19)/b13-7-. The van der Waals surface area contributed by atoms with Crippen molar-refractivity contribution in [3.63, 3.8) is 0 Å². The van der Waals surface area contributed by atoms with Crippen molar-refractivity contribution in [2.45, 2.75) is 6.92 Å². The number of rotatable bonds is 3. The van der Waals surface area contributed by atoms with Crippen LogP contribution in [0.5, 0.6) is 0 Å². The molecule has 0 unspecified atom stereocenters. The zero-order valence-corrected chi connectivity index (χ0v) is 10.8. The van der Waals surface area contributed by atoms with Crippen molar-refractivity contribution < 1.29 is 8.83 Å². The fourth-order valence-electron chi connectivity index (χ4n) is 1.60. The van der Waals surface area contributed by atoms with Crippen LogP contribution < -0.4 is 0 Å². The first-order valence-corrected chi connectivity index (χ1v) is 5.97. The van der Waals surface area contributed by atoms with Crippen LogP contribution in [0.4, 0.5) is 0 Å². The van der Waals surface area contributed by atoms with Gasteiger partial charge in [0.25, 0.3) is 0 Å². The van der Waals surface area contributed by atoms with E-state index in [1.165, 1.54) is 4.68 Å². The third-order valence-electron chi connectivity index (χ3n) is 2.45. The molecule has 6 nitrogen and oxygen atoms in total. The predicted molar refractivity (Wildman–Crippen MR) is 71.6 cm³/mol. The molecule has 3 aromatic heterocycles. The Kier molecular flexibility index (Phi) is 2.88. The summed E-state index contributed by atoms with van der Waals surface area (Å²) in [7, 11) is 0. The van der Waals surface area contributed by atoms with Crippen molar-refractivity contribution in [2.24, 2.45) is 5.10 Å². The average molecular weight is 274 g/mol. The molecule has 0 atom stereocenters. The molecule has 0 spiro atoms. The van der Waals surface area contributed by atoms with Crippen molar-refractivity contribution in [3.8, 4) is 11.6 Å². The highest BCUT2D eigenvalue weighted by molar-refractivity contribution is 7.71. The lowest BCUT2D eigenvalue weighted by Gasteiger charge is -1.95. The van der Waals surface area contributed by atoms with Gasteiger partial charge in [-0.05, 0) is 43.4 Å². The number of aryl methyl sites for hydroxylation is 1. The van der Waals surface area contributed by atoms with Gasteiger partial charge < -0.3 is 8.83 Å². The van der Waals surface area contributed by atoms with E-state index >= 15 is 0 Å². The van der Waals surface area contributed by atoms with Crippen LogP contribution >= 0.6 is 12.2 Å². The fraction of sp³-hybridized carbons (Fsp3) is 0.0833. The Morgan fingerprint density at radius 3 is 3.00 bits per heavy atom. The average Bonchev–Trinajstić information content (AvgIpc) is 3.08. The molecule has 3 aromatic rings. The molecule has 96 valence electrons. The lowest BCUT2D eigenvalue weighted by Crippen LogP contribution is -1.93. The van der Waals surface area contributed by atoms with Crippen molar-refractivity contribution in [1.82, 2.24) is 14.9 Å². The maximum atomic E-state index is 5.40. The zero-order valence-electron chi connectivity index (χ0n) is 10.0. The van der Waals surface area contributed by atoms with Crippen LogP contribution in [-0.2, 0) is 0 Å². The summed E-state index contributed by atoms with van der Waals surface area (Å²) in [6.07, 6.45) is 3.14. The van der Waals surface area contributed by atoms with Gasteiger partial charge >= 0.3 is 0 Å². The van der Waals surface area contributed by atoms with E-state index in [-0.39, 0.29) is 0 Å². The van der Waals surface area contributed by atoms with E-state index in [0.29, 0.717) is 22.1 Å². The number of hydrogen-bond donors (Lipinski definition) is 1. The molecule has 0 saturated heterocycles. The van der Waals surface area contributed by atoms with Gasteiger partial charge in [0.05, 0.1) is 12.5 Å². The molecule has 3 heterocycles. The van der Waals surface area contributed by atoms with Crippen LogP contribution in [-0.4, -0.2) is 21.1 Å². The van der Waals surface area contributed by atoms with Crippen LogP contribution in [0.3, 0.4) is 0 Å². The maximum absolute atomic E-state index is 5.40. The van der Waals surface area contributed by atoms with Gasteiger partial charge in [-0.1, -0.05) is 0 Å². The summed E-state index contributed by atoms with van der Waals surface area (Å²) in [6, 6.07) is 7.25. The summed E-state index contributed by atoms with van der Waals surface area (Å²) in [5, 5.41) is 11.0. The molecular formula is C12H10N4O2S. The predicted octanol–water partition coefficient (Wildman–Crippen LogP) is 2.98. The molecule has 0 saturated carbocycles. The topological polar surface area (TPSA) is 72.2 Å². The Bertz CT molecular complexity index is 764. The summed E-state index contributed by atoms with van der Waals surface area (Å²) >= 11 is 5.13. The summed E-state index contributed by atoms with van der Waals surface area (Å²) < 4.78 is 12.5. The largest absolute Gasteiger partial charge is 0.461 e. The molecule has 19 heavy (non-hydrogen) atoms. The minimum Gasteiger partial charge on any atom is -0.461 e. The van der Waals surface area contributed by atoms with E-state index < -0.39 is 0 Å². The van der Waals surface area contributed by atoms with Gasteiger partial charge in [0.15, 0.2) is 5.76 Å². The second-order valence-electron chi connectivity index (χ2n) is 3.83. The summed E-state index contributed by atoms with van der Waals surface area (Å²) in [6.45, 7) is 1.87. The molecule has 7 heteroatoms. The molecular weight excluding hydrogens is 264 g/mol. The molecule has 0 aliphatic carbocycles. The molecule has 0 aliphatic rings. The molecule has 0 bridgehead atoms. The number of nitrogens with one attached hydrogen (secondary N) is 1. The van der Waals surface area contributed by atoms with E-state index in [2.05, 4.69) is 15.3 Å². The number of furan rings is 2. The van der Waals surface area contributed by atoms with Crippen molar-refractivity contribution >= 4 is 18.4 Å². The molecule has 0 aromatic carbocycles.